The number of fused-ring (bicyclic) bond motifs is 1. The minimum Gasteiger partial charge on any atom is -0.367 e. The number of hydrogen-bond acceptors (Lipinski definition) is 2. The molecule has 1 aromatic heterocycles. The Bertz CT molecular complexity index is 493. The van der Waals surface area contributed by atoms with Crippen molar-refractivity contribution in [2.24, 2.45) is 5.92 Å². The molecule has 1 N–H and O–H groups in total. The molecule has 3 rings (SSSR count). The number of pyridine rings is 1. The molecule has 1 aromatic carbocycles. The van der Waals surface area contributed by atoms with Gasteiger partial charge in [0.15, 0.2) is 0 Å². The van der Waals surface area contributed by atoms with E-state index in [4.69, 9.17) is 0 Å². The fourth-order valence-electron chi connectivity index (χ4n) is 1.86. The first kappa shape index (κ1) is 8.72. The van der Waals surface area contributed by atoms with E-state index in [2.05, 4.69) is 41.5 Å². The molecule has 1 fully saturated rings. The molecule has 0 spiro atoms. The molecule has 15 heavy (non-hydrogen) atoms. The van der Waals surface area contributed by atoms with Gasteiger partial charge in [-0.25, -0.2) is 4.98 Å². The molecule has 1 heterocycles. The maximum atomic E-state index is 4.58. The average Bonchev–Trinajstić information content (AvgIpc) is 2.94. The van der Waals surface area contributed by atoms with Crippen molar-refractivity contribution < 1.29 is 0 Å². The highest BCUT2D eigenvalue weighted by atomic mass is 15.0. The van der Waals surface area contributed by atoms with Gasteiger partial charge in [-0.1, -0.05) is 25.1 Å². The minimum atomic E-state index is 0.638. The number of para-hydroxylation sites is 1. The van der Waals surface area contributed by atoms with E-state index in [0.29, 0.717) is 6.04 Å². The van der Waals surface area contributed by atoms with Gasteiger partial charge in [-0.15, -0.1) is 0 Å². The number of nitrogens with one attached hydrogen (secondary N) is 1. The van der Waals surface area contributed by atoms with E-state index < -0.39 is 0 Å². The van der Waals surface area contributed by atoms with Gasteiger partial charge in [0.25, 0.3) is 0 Å². The maximum Gasteiger partial charge on any atom is 0.126 e. The van der Waals surface area contributed by atoms with Crippen LogP contribution in [0.5, 0.6) is 0 Å². The Morgan fingerprint density at radius 2 is 2.00 bits per heavy atom. The predicted molar refractivity (Wildman–Crippen MR) is 62.9 cm³/mol. The predicted octanol–water partition coefficient (Wildman–Crippen LogP) is 3.06. The van der Waals surface area contributed by atoms with E-state index >= 15 is 0 Å². The molecule has 1 saturated carbocycles. The van der Waals surface area contributed by atoms with E-state index in [-0.39, 0.29) is 0 Å². The van der Waals surface area contributed by atoms with Crippen LogP contribution in [0.4, 0.5) is 5.82 Å². The third kappa shape index (κ3) is 1.67. The van der Waals surface area contributed by atoms with E-state index in [0.717, 1.165) is 17.3 Å². The molecule has 1 aliphatic rings. The number of benzene rings is 1. The van der Waals surface area contributed by atoms with Crippen LogP contribution in [0.1, 0.15) is 13.3 Å². The van der Waals surface area contributed by atoms with E-state index in [9.17, 15) is 0 Å². The van der Waals surface area contributed by atoms with Gasteiger partial charge in [0.2, 0.25) is 0 Å². The molecule has 2 atom stereocenters. The smallest absolute Gasteiger partial charge is 0.126 e. The highest BCUT2D eigenvalue weighted by molar-refractivity contribution is 5.80. The van der Waals surface area contributed by atoms with Gasteiger partial charge in [-0.2, -0.15) is 0 Å². The molecule has 1 aliphatic carbocycles. The van der Waals surface area contributed by atoms with Gasteiger partial charge in [0.05, 0.1) is 5.52 Å². The standard InChI is InChI=1S/C13H14N2/c1-9-8-12(9)15-13-7-6-10-4-2-3-5-11(10)14-13/h2-7,9,12H,8H2,1H3,(H,14,15). The largest absolute Gasteiger partial charge is 0.367 e. The second-order valence-electron chi connectivity index (χ2n) is 4.35. The monoisotopic (exact) mass is 198 g/mol. The lowest BCUT2D eigenvalue weighted by Crippen LogP contribution is -2.04. The zero-order valence-electron chi connectivity index (χ0n) is 8.77. The summed E-state index contributed by atoms with van der Waals surface area (Å²) < 4.78 is 0. The van der Waals surface area contributed by atoms with Crippen LogP contribution in [-0.4, -0.2) is 11.0 Å². The highest BCUT2D eigenvalue weighted by Gasteiger charge is 2.32. The number of nitrogens with zero attached hydrogens (tertiary/aromatic N) is 1. The average molecular weight is 198 g/mol. The molecule has 0 bridgehead atoms. The number of rotatable bonds is 2. The highest BCUT2D eigenvalue weighted by Crippen LogP contribution is 2.32. The van der Waals surface area contributed by atoms with Crippen LogP contribution in [0.15, 0.2) is 36.4 Å². The number of hydrogen-bond donors (Lipinski definition) is 1. The van der Waals surface area contributed by atoms with Crippen molar-refractivity contribution in [2.75, 3.05) is 5.32 Å². The molecular weight excluding hydrogens is 184 g/mol. The number of aromatic nitrogens is 1. The summed E-state index contributed by atoms with van der Waals surface area (Å²) in [5.74, 6) is 1.81. The first-order valence-corrected chi connectivity index (χ1v) is 5.45. The topological polar surface area (TPSA) is 24.9 Å². The summed E-state index contributed by atoms with van der Waals surface area (Å²) in [6.07, 6.45) is 1.27. The van der Waals surface area contributed by atoms with Crippen molar-refractivity contribution in [2.45, 2.75) is 19.4 Å². The van der Waals surface area contributed by atoms with Gasteiger partial charge >= 0.3 is 0 Å². The van der Waals surface area contributed by atoms with Crippen LogP contribution >= 0.6 is 0 Å². The van der Waals surface area contributed by atoms with Gasteiger partial charge in [-0.3, -0.25) is 0 Å². The van der Waals surface area contributed by atoms with Crippen LogP contribution < -0.4 is 5.32 Å². The Morgan fingerprint density at radius 1 is 1.20 bits per heavy atom. The summed E-state index contributed by atoms with van der Waals surface area (Å²) in [7, 11) is 0. The first-order valence-electron chi connectivity index (χ1n) is 5.45. The summed E-state index contributed by atoms with van der Waals surface area (Å²) in [6.45, 7) is 2.26. The molecule has 2 heteroatoms. The Balaban J connectivity index is 1.92. The molecular formula is C13H14N2. The van der Waals surface area contributed by atoms with Gasteiger partial charge in [0, 0.05) is 11.4 Å². The van der Waals surface area contributed by atoms with E-state index in [1.54, 1.807) is 0 Å². The number of anilines is 1. The Labute approximate surface area is 89.3 Å². The van der Waals surface area contributed by atoms with E-state index in [1.807, 2.05) is 12.1 Å². The summed E-state index contributed by atoms with van der Waals surface area (Å²) in [6, 6.07) is 13.0. The SMILES string of the molecule is CC1CC1Nc1ccc2ccccc2n1. The zero-order chi connectivity index (χ0) is 10.3. The summed E-state index contributed by atoms with van der Waals surface area (Å²) >= 11 is 0. The molecule has 76 valence electrons. The van der Waals surface area contributed by atoms with Gasteiger partial charge < -0.3 is 5.32 Å². The zero-order valence-corrected chi connectivity index (χ0v) is 8.77. The normalized spacial score (nSPS) is 24.1. The van der Waals surface area contributed by atoms with Crippen LogP contribution in [0, 0.1) is 5.92 Å². The van der Waals surface area contributed by atoms with Crippen molar-refractivity contribution in [3.8, 4) is 0 Å². The van der Waals surface area contributed by atoms with Gasteiger partial charge in [0.1, 0.15) is 5.82 Å². The maximum absolute atomic E-state index is 4.58. The molecule has 0 aliphatic heterocycles. The quantitative estimate of drug-likeness (QED) is 0.802. The van der Waals surface area contributed by atoms with Crippen molar-refractivity contribution >= 4 is 16.7 Å². The van der Waals surface area contributed by atoms with Crippen LogP contribution in [0.3, 0.4) is 0 Å². The van der Waals surface area contributed by atoms with Crippen molar-refractivity contribution in [1.82, 2.24) is 4.98 Å². The van der Waals surface area contributed by atoms with Crippen LogP contribution in [0.25, 0.3) is 10.9 Å². The summed E-state index contributed by atoms with van der Waals surface area (Å²) in [4.78, 5) is 4.58. The molecule has 0 saturated heterocycles. The second-order valence-corrected chi connectivity index (χ2v) is 4.35. The summed E-state index contributed by atoms with van der Waals surface area (Å²) in [5.41, 5.74) is 1.07. The van der Waals surface area contributed by atoms with Crippen LogP contribution in [0.2, 0.25) is 0 Å². The second kappa shape index (κ2) is 3.23. The molecule has 2 unspecified atom stereocenters. The Kier molecular flexibility index (Phi) is 1.88. The van der Waals surface area contributed by atoms with Crippen LogP contribution in [-0.2, 0) is 0 Å². The van der Waals surface area contributed by atoms with E-state index in [1.165, 1.54) is 11.8 Å². The lowest BCUT2D eigenvalue weighted by atomic mass is 10.2. The fourth-order valence-corrected chi connectivity index (χ4v) is 1.86. The molecule has 0 radical (unpaired) electrons. The van der Waals surface area contributed by atoms with Gasteiger partial charge in [-0.05, 0) is 30.5 Å². The van der Waals surface area contributed by atoms with Crippen molar-refractivity contribution in [1.29, 1.82) is 0 Å². The third-order valence-electron chi connectivity index (χ3n) is 3.04. The molecule has 2 aromatic rings. The first-order chi connectivity index (χ1) is 7.33. The third-order valence-corrected chi connectivity index (χ3v) is 3.04. The minimum absolute atomic E-state index is 0.638. The lowest BCUT2D eigenvalue weighted by Gasteiger charge is -2.05. The fraction of sp³-hybridized carbons (Fsp3) is 0.308. The summed E-state index contributed by atoms with van der Waals surface area (Å²) in [5, 5.41) is 4.65. The Hall–Kier alpha value is -1.57. The molecule has 2 nitrogen and oxygen atoms in total. The van der Waals surface area contributed by atoms with Crippen molar-refractivity contribution in [3.05, 3.63) is 36.4 Å². The molecule has 0 amide bonds. The van der Waals surface area contributed by atoms with Crippen molar-refractivity contribution in [3.63, 3.8) is 0 Å². The Morgan fingerprint density at radius 3 is 2.80 bits per heavy atom. The lowest BCUT2D eigenvalue weighted by molar-refractivity contribution is 0.925.